The number of alkyl carbamates (subject to hydrolysis) is 1. The SMILES string of the molecule is O=C(N[C@@H]1CCC[C@@H]1C(=O)N1CCCC2CC21C(=O)O)OCC1c2ccccc2-c2ccccc21. The molecule has 0 radical (unpaired) electrons. The van der Waals surface area contributed by atoms with Crippen LogP contribution in [0.25, 0.3) is 11.1 Å². The van der Waals surface area contributed by atoms with Crippen LogP contribution in [0.2, 0.25) is 0 Å². The topological polar surface area (TPSA) is 95.9 Å². The summed E-state index contributed by atoms with van der Waals surface area (Å²) < 4.78 is 5.69. The van der Waals surface area contributed by atoms with Gasteiger partial charge in [-0.2, -0.15) is 0 Å². The molecule has 6 rings (SSSR count). The highest BCUT2D eigenvalue weighted by Gasteiger charge is 2.67. The van der Waals surface area contributed by atoms with Gasteiger partial charge in [-0.15, -0.1) is 0 Å². The van der Waals surface area contributed by atoms with Crippen molar-refractivity contribution in [2.45, 2.75) is 56.0 Å². The van der Waals surface area contributed by atoms with Crippen molar-refractivity contribution < 1.29 is 24.2 Å². The average Bonchev–Trinajstić information content (AvgIpc) is 3.34. The Balaban J connectivity index is 1.12. The van der Waals surface area contributed by atoms with Crippen LogP contribution in [0.4, 0.5) is 4.79 Å². The Morgan fingerprint density at radius 3 is 2.34 bits per heavy atom. The van der Waals surface area contributed by atoms with Crippen molar-refractivity contribution in [3.05, 3.63) is 59.7 Å². The molecule has 2 unspecified atom stereocenters. The zero-order chi connectivity index (χ0) is 24.2. The number of rotatable bonds is 5. The minimum atomic E-state index is -1.02. The monoisotopic (exact) mass is 474 g/mol. The zero-order valence-corrected chi connectivity index (χ0v) is 19.6. The number of carbonyl (C=O) groups excluding carboxylic acids is 2. The number of piperidine rings is 1. The number of benzene rings is 2. The minimum Gasteiger partial charge on any atom is -0.479 e. The largest absolute Gasteiger partial charge is 0.479 e. The molecule has 2 amide bonds. The molecule has 2 N–H and O–H groups in total. The van der Waals surface area contributed by atoms with E-state index in [0.29, 0.717) is 25.8 Å². The van der Waals surface area contributed by atoms with Crippen molar-refractivity contribution in [3.63, 3.8) is 0 Å². The molecule has 0 aromatic heterocycles. The second kappa shape index (κ2) is 8.40. The van der Waals surface area contributed by atoms with E-state index >= 15 is 0 Å². The van der Waals surface area contributed by atoms with E-state index in [1.807, 2.05) is 24.3 Å². The Labute approximate surface area is 204 Å². The van der Waals surface area contributed by atoms with Crippen molar-refractivity contribution in [2.75, 3.05) is 13.2 Å². The van der Waals surface area contributed by atoms with Gasteiger partial charge in [0.25, 0.3) is 0 Å². The molecule has 4 atom stereocenters. The van der Waals surface area contributed by atoms with E-state index < -0.39 is 23.5 Å². The number of hydrogen-bond donors (Lipinski definition) is 2. The molecule has 3 aliphatic carbocycles. The van der Waals surface area contributed by atoms with Gasteiger partial charge in [-0.3, -0.25) is 4.79 Å². The smallest absolute Gasteiger partial charge is 0.407 e. The van der Waals surface area contributed by atoms with Crippen LogP contribution in [0.1, 0.15) is 55.6 Å². The number of nitrogens with one attached hydrogen (secondary N) is 1. The fraction of sp³-hybridized carbons (Fsp3) is 0.464. The summed E-state index contributed by atoms with van der Waals surface area (Å²) in [5.41, 5.74) is 3.63. The highest BCUT2D eigenvalue weighted by atomic mass is 16.5. The van der Waals surface area contributed by atoms with Crippen LogP contribution >= 0.6 is 0 Å². The molecule has 7 nitrogen and oxygen atoms in total. The minimum absolute atomic E-state index is 0.0234. The van der Waals surface area contributed by atoms with Crippen molar-refractivity contribution in [3.8, 4) is 11.1 Å². The van der Waals surface area contributed by atoms with E-state index in [2.05, 4.69) is 29.6 Å². The normalized spacial score (nSPS) is 28.6. The predicted octanol–water partition coefficient (Wildman–Crippen LogP) is 4.16. The van der Waals surface area contributed by atoms with Gasteiger partial charge in [-0.1, -0.05) is 55.0 Å². The number of fused-ring (bicyclic) bond motifs is 4. The second-order valence-corrected chi connectivity index (χ2v) is 10.4. The van der Waals surface area contributed by atoms with E-state index in [4.69, 9.17) is 4.74 Å². The number of carboxylic acid groups (broad SMARTS) is 1. The number of ether oxygens (including phenoxy) is 1. The van der Waals surface area contributed by atoms with Gasteiger partial charge in [0.05, 0.1) is 5.92 Å². The van der Waals surface area contributed by atoms with Crippen molar-refractivity contribution in [1.82, 2.24) is 10.2 Å². The van der Waals surface area contributed by atoms with Crippen LogP contribution in [0.15, 0.2) is 48.5 Å². The molecule has 182 valence electrons. The summed E-state index contributed by atoms with van der Waals surface area (Å²) in [6.45, 7) is 0.705. The third kappa shape index (κ3) is 3.51. The highest BCUT2D eigenvalue weighted by Crippen LogP contribution is 2.55. The standard InChI is InChI=1S/C28H30N2O5/c31-25(30-14-6-7-17-15-28(17,30)26(32)33)22-12-5-13-24(22)29-27(34)35-16-23-20-10-3-1-8-18(20)19-9-2-4-11-21(19)23/h1-4,8-11,17,22-24H,5-7,12-16H2,(H,29,34)(H,32,33)/t17?,22-,24+,28?/m0/s1. The number of aliphatic carboxylic acids is 1. The molecule has 1 aliphatic heterocycles. The fourth-order valence-electron chi connectivity index (χ4n) is 6.79. The lowest BCUT2D eigenvalue weighted by Gasteiger charge is -2.36. The summed E-state index contributed by atoms with van der Waals surface area (Å²) >= 11 is 0. The Morgan fingerprint density at radius 2 is 1.66 bits per heavy atom. The summed E-state index contributed by atoms with van der Waals surface area (Å²) in [6.07, 6.45) is 3.90. The first-order chi connectivity index (χ1) is 17.0. The molecule has 3 fully saturated rings. The van der Waals surface area contributed by atoms with Crippen LogP contribution in [0.3, 0.4) is 0 Å². The molecule has 2 saturated carbocycles. The first kappa shape index (κ1) is 22.1. The molecular weight excluding hydrogens is 444 g/mol. The number of hydrogen-bond acceptors (Lipinski definition) is 4. The molecular formula is C28H30N2O5. The van der Waals surface area contributed by atoms with E-state index in [9.17, 15) is 19.5 Å². The highest BCUT2D eigenvalue weighted by molar-refractivity contribution is 5.92. The summed E-state index contributed by atoms with van der Waals surface area (Å²) in [6, 6.07) is 16.1. The molecule has 1 heterocycles. The van der Waals surface area contributed by atoms with Gasteiger partial charge in [0, 0.05) is 18.5 Å². The number of amides is 2. The van der Waals surface area contributed by atoms with E-state index in [-0.39, 0.29) is 30.4 Å². The van der Waals surface area contributed by atoms with Crippen LogP contribution in [0, 0.1) is 11.8 Å². The summed E-state index contributed by atoms with van der Waals surface area (Å²) in [5.74, 6) is -1.38. The maximum absolute atomic E-state index is 13.5. The molecule has 4 aliphatic rings. The average molecular weight is 475 g/mol. The molecule has 0 spiro atoms. The van der Waals surface area contributed by atoms with Crippen molar-refractivity contribution in [2.24, 2.45) is 11.8 Å². The molecule has 2 aromatic carbocycles. The summed E-state index contributed by atoms with van der Waals surface area (Å²) in [5, 5.41) is 12.8. The predicted molar refractivity (Wildman–Crippen MR) is 129 cm³/mol. The zero-order valence-electron chi connectivity index (χ0n) is 19.6. The van der Waals surface area contributed by atoms with Gasteiger partial charge in [-0.05, 0) is 60.3 Å². The number of carbonyl (C=O) groups is 3. The first-order valence-corrected chi connectivity index (χ1v) is 12.7. The Kier molecular flexibility index (Phi) is 5.31. The van der Waals surface area contributed by atoms with Gasteiger partial charge in [0.1, 0.15) is 12.1 Å². The lowest BCUT2D eigenvalue weighted by molar-refractivity contribution is -0.156. The lowest BCUT2D eigenvalue weighted by atomic mass is 9.96. The number of nitrogens with zero attached hydrogens (tertiary/aromatic N) is 1. The van der Waals surface area contributed by atoms with Gasteiger partial charge in [-0.25, -0.2) is 9.59 Å². The Hall–Kier alpha value is -3.35. The van der Waals surface area contributed by atoms with Crippen molar-refractivity contribution in [1.29, 1.82) is 0 Å². The summed E-state index contributed by atoms with van der Waals surface area (Å²) in [4.78, 5) is 39.9. The maximum atomic E-state index is 13.5. The van der Waals surface area contributed by atoms with E-state index in [1.54, 1.807) is 4.90 Å². The fourth-order valence-corrected chi connectivity index (χ4v) is 6.79. The Bertz CT molecular complexity index is 1150. The van der Waals surface area contributed by atoms with Crippen LogP contribution in [-0.4, -0.2) is 52.7 Å². The quantitative estimate of drug-likeness (QED) is 0.679. The van der Waals surface area contributed by atoms with Gasteiger partial charge in [0.2, 0.25) is 5.91 Å². The van der Waals surface area contributed by atoms with Gasteiger partial charge >= 0.3 is 12.1 Å². The first-order valence-electron chi connectivity index (χ1n) is 12.7. The van der Waals surface area contributed by atoms with Crippen LogP contribution in [-0.2, 0) is 14.3 Å². The maximum Gasteiger partial charge on any atom is 0.407 e. The third-order valence-electron chi connectivity index (χ3n) is 8.61. The molecule has 1 saturated heterocycles. The van der Waals surface area contributed by atoms with E-state index in [0.717, 1.165) is 30.4 Å². The van der Waals surface area contributed by atoms with Gasteiger partial charge < -0.3 is 20.1 Å². The van der Waals surface area contributed by atoms with E-state index in [1.165, 1.54) is 11.1 Å². The van der Waals surface area contributed by atoms with Crippen LogP contribution in [0.5, 0.6) is 0 Å². The van der Waals surface area contributed by atoms with Crippen LogP contribution < -0.4 is 5.32 Å². The molecule has 0 bridgehead atoms. The lowest BCUT2D eigenvalue weighted by Crippen LogP contribution is -2.55. The third-order valence-corrected chi connectivity index (χ3v) is 8.61. The molecule has 35 heavy (non-hydrogen) atoms. The van der Waals surface area contributed by atoms with Crippen molar-refractivity contribution >= 4 is 18.0 Å². The summed E-state index contributed by atoms with van der Waals surface area (Å²) in [7, 11) is 0. The number of carboxylic acids is 1. The molecule has 7 heteroatoms. The number of likely N-dealkylation sites (tertiary alicyclic amines) is 1. The molecule has 2 aromatic rings. The Morgan fingerprint density at radius 1 is 0.971 bits per heavy atom. The second-order valence-electron chi connectivity index (χ2n) is 10.4. The van der Waals surface area contributed by atoms with Gasteiger partial charge in [0.15, 0.2) is 0 Å².